The van der Waals surface area contributed by atoms with Gasteiger partial charge in [0, 0.05) is 31.1 Å². The molecule has 0 spiro atoms. The molecule has 2 rings (SSSR count). The molecule has 0 saturated carbocycles. The van der Waals surface area contributed by atoms with Crippen molar-refractivity contribution in [1.82, 2.24) is 10.2 Å². The van der Waals surface area contributed by atoms with Crippen LogP contribution in [-0.4, -0.2) is 47.6 Å². The fourth-order valence-electron chi connectivity index (χ4n) is 2.78. The molecule has 1 heterocycles. The number of carbonyl (C=O) groups excluding carboxylic acids is 1. The SMILES string of the molecule is O=C(O)CCCCN1CCC(NC(=O)c2ccc(F)cc2)CC1. The number of benzene rings is 1. The van der Waals surface area contributed by atoms with Gasteiger partial charge in [-0.1, -0.05) is 0 Å². The Morgan fingerprint density at radius 2 is 1.83 bits per heavy atom. The lowest BCUT2D eigenvalue weighted by Gasteiger charge is -2.32. The summed E-state index contributed by atoms with van der Waals surface area (Å²) in [6, 6.07) is 5.69. The summed E-state index contributed by atoms with van der Waals surface area (Å²) < 4.78 is 12.9. The van der Waals surface area contributed by atoms with Crippen molar-refractivity contribution in [2.75, 3.05) is 19.6 Å². The molecule has 23 heavy (non-hydrogen) atoms. The summed E-state index contributed by atoms with van der Waals surface area (Å²) in [5.41, 5.74) is 0.475. The van der Waals surface area contributed by atoms with Gasteiger partial charge >= 0.3 is 5.97 Å². The van der Waals surface area contributed by atoms with Crippen molar-refractivity contribution < 1.29 is 19.1 Å². The van der Waals surface area contributed by atoms with Gasteiger partial charge in [0.1, 0.15) is 5.82 Å². The summed E-state index contributed by atoms with van der Waals surface area (Å²) in [7, 11) is 0. The Hall–Kier alpha value is -1.95. The highest BCUT2D eigenvalue weighted by molar-refractivity contribution is 5.94. The molecule has 126 valence electrons. The Morgan fingerprint density at radius 1 is 1.17 bits per heavy atom. The lowest BCUT2D eigenvalue weighted by molar-refractivity contribution is -0.137. The maximum atomic E-state index is 12.9. The van der Waals surface area contributed by atoms with Gasteiger partial charge in [-0.2, -0.15) is 0 Å². The number of carboxylic acids is 1. The topological polar surface area (TPSA) is 69.6 Å². The summed E-state index contributed by atoms with van der Waals surface area (Å²) in [5.74, 6) is -1.25. The number of piperidine rings is 1. The van der Waals surface area contributed by atoms with Crippen LogP contribution in [0.3, 0.4) is 0 Å². The number of carboxylic acid groups (broad SMARTS) is 1. The zero-order chi connectivity index (χ0) is 16.7. The number of unbranched alkanes of at least 4 members (excludes halogenated alkanes) is 1. The average molecular weight is 322 g/mol. The van der Waals surface area contributed by atoms with Crippen molar-refractivity contribution in [2.45, 2.75) is 38.1 Å². The van der Waals surface area contributed by atoms with Gasteiger partial charge in [0.2, 0.25) is 0 Å². The summed E-state index contributed by atoms with van der Waals surface area (Å²) in [4.78, 5) is 24.8. The van der Waals surface area contributed by atoms with E-state index in [1.165, 1.54) is 24.3 Å². The van der Waals surface area contributed by atoms with Crippen LogP contribution in [0.5, 0.6) is 0 Å². The number of nitrogens with one attached hydrogen (secondary N) is 1. The van der Waals surface area contributed by atoms with Crippen molar-refractivity contribution in [1.29, 1.82) is 0 Å². The Balaban J connectivity index is 1.67. The lowest BCUT2D eigenvalue weighted by atomic mass is 10.0. The smallest absolute Gasteiger partial charge is 0.303 e. The number of aliphatic carboxylic acids is 1. The zero-order valence-electron chi connectivity index (χ0n) is 13.1. The van der Waals surface area contributed by atoms with E-state index in [4.69, 9.17) is 5.11 Å². The third-order valence-electron chi connectivity index (χ3n) is 4.14. The quantitative estimate of drug-likeness (QED) is 0.756. The van der Waals surface area contributed by atoms with Crippen LogP contribution < -0.4 is 5.32 Å². The van der Waals surface area contributed by atoms with E-state index in [9.17, 15) is 14.0 Å². The first kappa shape index (κ1) is 17.4. The Kier molecular flexibility index (Phi) is 6.52. The second-order valence-electron chi connectivity index (χ2n) is 5.95. The van der Waals surface area contributed by atoms with E-state index in [0.717, 1.165) is 38.9 Å². The molecule has 1 amide bonds. The molecule has 0 aliphatic carbocycles. The first-order valence-corrected chi connectivity index (χ1v) is 8.05. The Labute approximate surface area is 135 Å². The van der Waals surface area contributed by atoms with Gasteiger partial charge in [-0.25, -0.2) is 4.39 Å². The number of carbonyl (C=O) groups is 2. The molecule has 1 aliphatic rings. The van der Waals surface area contributed by atoms with Crippen LogP contribution >= 0.6 is 0 Å². The molecule has 0 aromatic heterocycles. The van der Waals surface area contributed by atoms with Gasteiger partial charge in [0.15, 0.2) is 0 Å². The van der Waals surface area contributed by atoms with Gasteiger partial charge in [0.25, 0.3) is 5.91 Å². The fraction of sp³-hybridized carbons (Fsp3) is 0.529. The third-order valence-corrected chi connectivity index (χ3v) is 4.14. The Bertz CT molecular complexity index is 525. The first-order valence-electron chi connectivity index (χ1n) is 8.05. The molecular formula is C17H23FN2O3. The summed E-state index contributed by atoms with van der Waals surface area (Å²) in [6.07, 6.45) is 3.58. The molecule has 1 aromatic carbocycles. The minimum atomic E-state index is -0.743. The second-order valence-corrected chi connectivity index (χ2v) is 5.95. The van der Waals surface area contributed by atoms with E-state index in [-0.39, 0.29) is 24.2 Å². The van der Waals surface area contributed by atoms with Crippen molar-refractivity contribution >= 4 is 11.9 Å². The van der Waals surface area contributed by atoms with E-state index in [1.54, 1.807) is 0 Å². The summed E-state index contributed by atoms with van der Waals surface area (Å²) >= 11 is 0. The van der Waals surface area contributed by atoms with Crippen LogP contribution in [0.1, 0.15) is 42.5 Å². The molecule has 2 N–H and O–H groups in total. The van der Waals surface area contributed by atoms with E-state index in [1.807, 2.05) is 0 Å². The first-order chi connectivity index (χ1) is 11.0. The molecule has 0 unspecified atom stereocenters. The van der Waals surface area contributed by atoms with Gasteiger partial charge in [-0.05, 0) is 56.5 Å². The molecule has 1 saturated heterocycles. The standard InChI is InChI=1S/C17H23FN2O3/c18-14-6-4-13(5-7-14)17(23)19-15-8-11-20(12-9-15)10-2-1-3-16(21)22/h4-7,15H,1-3,8-12H2,(H,19,23)(H,21,22). The molecule has 1 aromatic rings. The van der Waals surface area contributed by atoms with Crippen LogP contribution in [0.4, 0.5) is 4.39 Å². The van der Waals surface area contributed by atoms with Crippen molar-refractivity contribution in [3.8, 4) is 0 Å². The molecule has 6 heteroatoms. The predicted octanol–water partition coefficient (Wildman–Crippen LogP) is 2.27. The highest BCUT2D eigenvalue weighted by Gasteiger charge is 2.20. The molecule has 0 atom stereocenters. The molecular weight excluding hydrogens is 299 g/mol. The molecule has 1 fully saturated rings. The van der Waals surface area contributed by atoms with Gasteiger partial charge in [0.05, 0.1) is 0 Å². The minimum absolute atomic E-state index is 0.142. The summed E-state index contributed by atoms with van der Waals surface area (Å²) in [5, 5.41) is 11.6. The van der Waals surface area contributed by atoms with Crippen LogP contribution in [0.15, 0.2) is 24.3 Å². The molecule has 0 radical (unpaired) electrons. The van der Waals surface area contributed by atoms with Crippen molar-refractivity contribution in [3.05, 3.63) is 35.6 Å². The maximum absolute atomic E-state index is 12.9. The van der Waals surface area contributed by atoms with Gasteiger partial charge < -0.3 is 15.3 Å². The van der Waals surface area contributed by atoms with E-state index >= 15 is 0 Å². The fourth-order valence-corrected chi connectivity index (χ4v) is 2.78. The minimum Gasteiger partial charge on any atom is -0.481 e. The normalized spacial score (nSPS) is 16.2. The number of hydrogen-bond donors (Lipinski definition) is 2. The second kappa shape index (κ2) is 8.62. The van der Waals surface area contributed by atoms with Crippen LogP contribution in [-0.2, 0) is 4.79 Å². The average Bonchev–Trinajstić information content (AvgIpc) is 2.53. The number of rotatable bonds is 7. The van der Waals surface area contributed by atoms with Crippen molar-refractivity contribution in [2.24, 2.45) is 0 Å². The monoisotopic (exact) mass is 322 g/mol. The largest absolute Gasteiger partial charge is 0.481 e. The van der Waals surface area contributed by atoms with Crippen LogP contribution in [0, 0.1) is 5.82 Å². The number of halogens is 1. The number of hydrogen-bond acceptors (Lipinski definition) is 3. The van der Waals surface area contributed by atoms with Gasteiger partial charge in [-0.3, -0.25) is 9.59 Å². The number of amides is 1. The highest BCUT2D eigenvalue weighted by Crippen LogP contribution is 2.13. The predicted molar refractivity (Wildman–Crippen MR) is 84.8 cm³/mol. The van der Waals surface area contributed by atoms with Crippen LogP contribution in [0.25, 0.3) is 0 Å². The van der Waals surface area contributed by atoms with E-state index in [2.05, 4.69) is 10.2 Å². The number of nitrogens with zero attached hydrogens (tertiary/aromatic N) is 1. The third kappa shape index (κ3) is 5.98. The van der Waals surface area contributed by atoms with Gasteiger partial charge in [-0.15, -0.1) is 0 Å². The zero-order valence-corrected chi connectivity index (χ0v) is 13.1. The van der Waals surface area contributed by atoms with E-state index < -0.39 is 5.97 Å². The highest BCUT2D eigenvalue weighted by atomic mass is 19.1. The molecule has 0 bridgehead atoms. The lowest BCUT2D eigenvalue weighted by Crippen LogP contribution is -2.44. The maximum Gasteiger partial charge on any atom is 0.303 e. The van der Waals surface area contributed by atoms with Crippen molar-refractivity contribution in [3.63, 3.8) is 0 Å². The molecule has 5 nitrogen and oxygen atoms in total. The molecule has 1 aliphatic heterocycles. The summed E-state index contributed by atoms with van der Waals surface area (Å²) in [6.45, 7) is 2.72. The Morgan fingerprint density at radius 3 is 2.43 bits per heavy atom. The van der Waals surface area contributed by atoms with E-state index in [0.29, 0.717) is 12.0 Å². The number of likely N-dealkylation sites (tertiary alicyclic amines) is 1. The van der Waals surface area contributed by atoms with Crippen LogP contribution in [0.2, 0.25) is 0 Å².